The standard InChI is InChI=1S/C18H17Cl2N3O2/c1-25-15-4-2-12(3-5-15)8-17(24)21-7-6-14-11-23-10-13(19)9-16(20)18(23)22-14/h2-5,9-11H,6-8H2,1H3,(H,21,24). The van der Waals surface area contributed by atoms with Crippen LogP contribution in [0.2, 0.25) is 10.0 Å². The molecule has 2 aromatic heterocycles. The largest absolute Gasteiger partial charge is 0.497 e. The third kappa shape index (κ3) is 4.44. The summed E-state index contributed by atoms with van der Waals surface area (Å²) in [4.78, 5) is 16.5. The number of methoxy groups -OCH3 is 1. The molecule has 0 unspecified atom stereocenters. The fourth-order valence-corrected chi connectivity index (χ4v) is 3.04. The molecule has 3 rings (SSSR count). The maximum atomic E-state index is 12.0. The van der Waals surface area contributed by atoms with E-state index in [4.69, 9.17) is 27.9 Å². The van der Waals surface area contributed by atoms with Crippen molar-refractivity contribution in [3.8, 4) is 5.75 Å². The van der Waals surface area contributed by atoms with Crippen molar-refractivity contribution in [2.45, 2.75) is 12.8 Å². The molecule has 0 aliphatic carbocycles. The summed E-state index contributed by atoms with van der Waals surface area (Å²) in [5.74, 6) is 0.741. The molecule has 0 saturated carbocycles. The molecule has 0 spiro atoms. The lowest BCUT2D eigenvalue weighted by Crippen LogP contribution is -2.27. The van der Waals surface area contributed by atoms with Crippen molar-refractivity contribution >= 4 is 34.8 Å². The normalized spacial score (nSPS) is 10.8. The van der Waals surface area contributed by atoms with Gasteiger partial charge >= 0.3 is 0 Å². The van der Waals surface area contributed by atoms with E-state index in [9.17, 15) is 4.79 Å². The van der Waals surface area contributed by atoms with Crippen molar-refractivity contribution in [3.63, 3.8) is 0 Å². The number of halogens is 2. The van der Waals surface area contributed by atoms with E-state index in [0.717, 1.165) is 17.0 Å². The second-order valence-electron chi connectivity index (χ2n) is 5.59. The predicted octanol–water partition coefficient (Wildman–Crippen LogP) is 3.55. The molecule has 0 fully saturated rings. The van der Waals surface area contributed by atoms with Crippen LogP contribution in [0.1, 0.15) is 11.3 Å². The Labute approximate surface area is 155 Å². The highest BCUT2D eigenvalue weighted by Crippen LogP contribution is 2.21. The number of ether oxygens (including phenoxy) is 1. The minimum Gasteiger partial charge on any atom is -0.497 e. The zero-order chi connectivity index (χ0) is 17.8. The van der Waals surface area contributed by atoms with E-state index in [2.05, 4.69) is 10.3 Å². The first kappa shape index (κ1) is 17.6. The van der Waals surface area contributed by atoms with Gasteiger partial charge in [0.1, 0.15) is 5.75 Å². The van der Waals surface area contributed by atoms with Crippen LogP contribution in [0.25, 0.3) is 5.65 Å². The van der Waals surface area contributed by atoms with E-state index < -0.39 is 0 Å². The molecule has 1 amide bonds. The van der Waals surface area contributed by atoms with Gasteiger partial charge in [0.25, 0.3) is 0 Å². The Balaban J connectivity index is 1.53. The predicted molar refractivity (Wildman–Crippen MR) is 98.6 cm³/mol. The molecule has 130 valence electrons. The molecular weight excluding hydrogens is 361 g/mol. The Kier molecular flexibility index (Phi) is 5.46. The first-order chi connectivity index (χ1) is 12.0. The van der Waals surface area contributed by atoms with Crippen LogP contribution in [0.3, 0.4) is 0 Å². The number of rotatable bonds is 6. The minimum atomic E-state index is -0.0324. The van der Waals surface area contributed by atoms with Gasteiger partial charge in [-0.05, 0) is 23.8 Å². The summed E-state index contributed by atoms with van der Waals surface area (Å²) >= 11 is 12.1. The van der Waals surface area contributed by atoms with Gasteiger partial charge in [-0.2, -0.15) is 0 Å². The Morgan fingerprint density at radius 3 is 2.72 bits per heavy atom. The number of nitrogens with one attached hydrogen (secondary N) is 1. The van der Waals surface area contributed by atoms with Gasteiger partial charge in [-0.3, -0.25) is 4.79 Å². The molecule has 0 atom stereocenters. The van der Waals surface area contributed by atoms with E-state index in [1.807, 2.05) is 30.5 Å². The summed E-state index contributed by atoms with van der Waals surface area (Å²) < 4.78 is 6.89. The van der Waals surface area contributed by atoms with Crippen molar-refractivity contribution in [2.75, 3.05) is 13.7 Å². The summed E-state index contributed by atoms with van der Waals surface area (Å²) in [5, 5.41) is 3.95. The summed E-state index contributed by atoms with van der Waals surface area (Å²) in [6.07, 6.45) is 4.56. The Morgan fingerprint density at radius 1 is 1.24 bits per heavy atom. The number of nitrogens with zero attached hydrogens (tertiary/aromatic N) is 2. The van der Waals surface area contributed by atoms with E-state index >= 15 is 0 Å². The van der Waals surface area contributed by atoms with Gasteiger partial charge in [0.05, 0.1) is 29.3 Å². The number of pyridine rings is 1. The third-order valence-electron chi connectivity index (χ3n) is 3.75. The first-order valence-electron chi connectivity index (χ1n) is 7.77. The fraction of sp³-hybridized carbons (Fsp3) is 0.222. The molecule has 0 saturated heterocycles. The van der Waals surface area contributed by atoms with E-state index in [-0.39, 0.29) is 5.91 Å². The second-order valence-corrected chi connectivity index (χ2v) is 6.44. The van der Waals surface area contributed by atoms with Crippen molar-refractivity contribution in [1.29, 1.82) is 0 Å². The molecule has 0 radical (unpaired) electrons. The van der Waals surface area contributed by atoms with Crippen LogP contribution in [0, 0.1) is 0 Å². The summed E-state index contributed by atoms with van der Waals surface area (Å²) in [5.41, 5.74) is 2.44. The molecule has 2 heterocycles. The van der Waals surface area contributed by atoms with Crippen LogP contribution < -0.4 is 10.1 Å². The first-order valence-corrected chi connectivity index (χ1v) is 8.53. The Hall–Kier alpha value is -2.24. The molecule has 25 heavy (non-hydrogen) atoms. The van der Waals surface area contributed by atoms with Crippen LogP contribution in [-0.4, -0.2) is 28.9 Å². The molecule has 1 aromatic carbocycles. The van der Waals surface area contributed by atoms with Crippen LogP contribution in [0.15, 0.2) is 42.7 Å². The zero-order valence-electron chi connectivity index (χ0n) is 13.6. The SMILES string of the molecule is COc1ccc(CC(=O)NCCc2cn3cc(Cl)cc(Cl)c3n2)cc1. The number of fused-ring (bicyclic) bond motifs is 1. The van der Waals surface area contributed by atoms with Crippen LogP contribution in [0.5, 0.6) is 5.75 Å². The number of benzene rings is 1. The van der Waals surface area contributed by atoms with Crippen molar-refractivity contribution in [1.82, 2.24) is 14.7 Å². The maximum Gasteiger partial charge on any atom is 0.224 e. The lowest BCUT2D eigenvalue weighted by Gasteiger charge is -2.05. The Bertz CT molecular complexity index is 891. The van der Waals surface area contributed by atoms with Crippen LogP contribution >= 0.6 is 23.2 Å². The van der Waals surface area contributed by atoms with Gasteiger partial charge < -0.3 is 14.5 Å². The highest BCUT2D eigenvalue weighted by Gasteiger charge is 2.08. The number of carbonyl (C=O) groups excluding carboxylic acids is 1. The molecule has 0 aliphatic rings. The van der Waals surface area contributed by atoms with Crippen molar-refractivity contribution < 1.29 is 9.53 Å². The van der Waals surface area contributed by atoms with Crippen molar-refractivity contribution in [2.24, 2.45) is 0 Å². The number of amides is 1. The topological polar surface area (TPSA) is 55.6 Å². The summed E-state index contributed by atoms with van der Waals surface area (Å²) in [6, 6.07) is 9.10. The number of imidazole rings is 1. The fourth-order valence-electron chi connectivity index (χ4n) is 2.52. The Morgan fingerprint density at radius 2 is 2.00 bits per heavy atom. The second kappa shape index (κ2) is 7.76. The number of carbonyl (C=O) groups is 1. The average molecular weight is 378 g/mol. The molecule has 1 N–H and O–H groups in total. The van der Waals surface area contributed by atoms with E-state index in [1.54, 1.807) is 23.8 Å². The van der Waals surface area contributed by atoms with Gasteiger partial charge in [-0.15, -0.1) is 0 Å². The smallest absolute Gasteiger partial charge is 0.224 e. The molecule has 0 aliphatic heterocycles. The third-order valence-corrected chi connectivity index (χ3v) is 4.23. The lowest BCUT2D eigenvalue weighted by atomic mass is 10.1. The lowest BCUT2D eigenvalue weighted by molar-refractivity contribution is -0.120. The monoisotopic (exact) mass is 377 g/mol. The summed E-state index contributed by atoms with van der Waals surface area (Å²) in [7, 11) is 1.61. The maximum absolute atomic E-state index is 12.0. The van der Waals surface area contributed by atoms with Crippen LogP contribution in [0.4, 0.5) is 0 Å². The van der Waals surface area contributed by atoms with E-state index in [1.165, 1.54) is 0 Å². The number of hydrogen-bond donors (Lipinski definition) is 1. The number of aromatic nitrogens is 2. The van der Waals surface area contributed by atoms with Gasteiger partial charge in [0.15, 0.2) is 5.65 Å². The van der Waals surface area contributed by atoms with Gasteiger partial charge in [-0.25, -0.2) is 4.98 Å². The molecule has 0 bridgehead atoms. The highest BCUT2D eigenvalue weighted by atomic mass is 35.5. The van der Waals surface area contributed by atoms with Gasteiger partial charge in [0.2, 0.25) is 5.91 Å². The molecule has 3 aromatic rings. The summed E-state index contributed by atoms with van der Waals surface area (Å²) in [6.45, 7) is 0.504. The van der Waals surface area contributed by atoms with Crippen molar-refractivity contribution in [3.05, 3.63) is 64.0 Å². The van der Waals surface area contributed by atoms with E-state index in [0.29, 0.717) is 35.1 Å². The zero-order valence-corrected chi connectivity index (χ0v) is 15.1. The van der Waals surface area contributed by atoms with Gasteiger partial charge in [0, 0.05) is 25.4 Å². The number of hydrogen-bond acceptors (Lipinski definition) is 3. The van der Waals surface area contributed by atoms with Gasteiger partial charge in [-0.1, -0.05) is 35.3 Å². The highest BCUT2D eigenvalue weighted by molar-refractivity contribution is 6.36. The molecular formula is C18H17Cl2N3O2. The average Bonchev–Trinajstić information content (AvgIpc) is 2.98. The quantitative estimate of drug-likeness (QED) is 0.714. The van der Waals surface area contributed by atoms with Crippen LogP contribution in [-0.2, 0) is 17.6 Å². The minimum absolute atomic E-state index is 0.0324. The molecule has 7 heteroatoms. The molecule has 5 nitrogen and oxygen atoms in total.